The molecule has 0 heterocycles. The fourth-order valence-electron chi connectivity index (χ4n) is 3.46. The van der Waals surface area contributed by atoms with Crippen LogP contribution in [0.2, 0.25) is 0 Å². The summed E-state index contributed by atoms with van der Waals surface area (Å²) in [6, 6.07) is 6.35. The molecular weight excluding hydrogens is 352 g/mol. The highest BCUT2D eigenvalue weighted by Gasteiger charge is 2.19. The number of esters is 2. The van der Waals surface area contributed by atoms with E-state index in [9.17, 15) is 9.59 Å². The highest BCUT2D eigenvalue weighted by atomic mass is 16.5. The largest absolute Gasteiger partial charge is 0.463 e. The van der Waals surface area contributed by atoms with Gasteiger partial charge in [-0.15, -0.1) is 0 Å². The molecule has 2 aliphatic rings. The number of hydrogen-bond acceptors (Lipinski definition) is 4. The molecule has 0 N–H and O–H groups in total. The maximum Gasteiger partial charge on any atom is 0.331 e. The molecule has 0 aliphatic heterocycles. The number of carbonyl (C=O) groups excluding carboxylic acids is 2. The molecule has 0 spiro atoms. The van der Waals surface area contributed by atoms with Crippen molar-refractivity contribution in [2.75, 3.05) is 13.2 Å². The number of hydrogen-bond donors (Lipinski definition) is 0. The zero-order valence-corrected chi connectivity index (χ0v) is 17.5. The van der Waals surface area contributed by atoms with E-state index in [1.807, 2.05) is 6.92 Å². The molecule has 0 saturated heterocycles. The fourth-order valence-corrected chi connectivity index (χ4v) is 3.46. The molecule has 28 heavy (non-hydrogen) atoms. The van der Waals surface area contributed by atoms with Crippen molar-refractivity contribution >= 4 is 23.6 Å². The van der Waals surface area contributed by atoms with Crippen LogP contribution >= 0.6 is 0 Å². The van der Waals surface area contributed by atoms with Gasteiger partial charge >= 0.3 is 11.9 Å². The molecule has 2 aliphatic carbocycles. The van der Waals surface area contributed by atoms with E-state index in [0.717, 1.165) is 39.0 Å². The summed E-state index contributed by atoms with van der Waals surface area (Å²) in [5.41, 5.74) is 8.18. The van der Waals surface area contributed by atoms with Crippen molar-refractivity contribution in [3.05, 3.63) is 58.2 Å². The predicted molar refractivity (Wildman–Crippen MR) is 113 cm³/mol. The van der Waals surface area contributed by atoms with Crippen LogP contribution in [0.25, 0.3) is 22.8 Å². The average molecular weight is 380 g/mol. The molecule has 0 atom stereocenters. The fraction of sp³-hybridized carbons (Fsp3) is 0.333. The molecule has 2 rings (SSSR count). The summed E-state index contributed by atoms with van der Waals surface area (Å²) >= 11 is 0. The van der Waals surface area contributed by atoms with E-state index < -0.39 is 0 Å². The lowest BCUT2D eigenvalue weighted by molar-refractivity contribution is -0.138. The van der Waals surface area contributed by atoms with Gasteiger partial charge in [-0.1, -0.05) is 17.7 Å². The average Bonchev–Trinajstić information content (AvgIpc) is 2.95. The lowest BCUT2D eigenvalue weighted by Crippen LogP contribution is -2.00. The second-order valence-corrected chi connectivity index (χ2v) is 6.82. The Bertz CT molecular complexity index is 919. The quantitative estimate of drug-likeness (QED) is 0.507. The number of carbonyl (C=O) groups is 2. The van der Waals surface area contributed by atoms with Gasteiger partial charge in [-0.3, -0.25) is 0 Å². The van der Waals surface area contributed by atoms with Crippen LogP contribution in [0, 0.1) is 20.8 Å². The van der Waals surface area contributed by atoms with Crippen LogP contribution in [0.1, 0.15) is 48.6 Å². The summed E-state index contributed by atoms with van der Waals surface area (Å²) in [5.74, 6) is -0.763. The molecular formula is C24H28O4. The van der Waals surface area contributed by atoms with Crippen molar-refractivity contribution in [1.82, 2.24) is 0 Å². The van der Waals surface area contributed by atoms with E-state index in [1.165, 1.54) is 17.7 Å². The molecule has 4 nitrogen and oxygen atoms in total. The van der Waals surface area contributed by atoms with E-state index >= 15 is 0 Å². The van der Waals surface area contributed by atoms with Gasteiger partial charge < -0.3 is 9.47 Å². The highest BCUT2D eigenvalue weighted by molar-refractivity contribution is 5.99. The second-order valence-electron chi connectivity index (χ2n) is 6.82. The number of aryl methyl sites for hydroxylation is 3. The molecule has 0 aromatic heterocycles. The molecule has 0 aromatic rings. The van der Waals surface area contributed by atoms with Gasteiger partial charge in [0, 0.05) is 12.2 Å². The molecule has 0 bridgehead atoms. The van der Waals surface area contributed by atoms with Crippen LogP contribution in [0.4, 0.5) is 0 Å². The Hall–Kier alpha value is -2.88. The second kappa shape index (κ2) is 9.36. The van der Waals surface area contributed by atoms with E-state index in [0.29, 0.717) is 13.2 Å². The summed E-state index contributed by atoms with van der Waals surface area (Å²) in [7, 11) is 0. The molecule has 0 amide bonds. The van der Waals surface area contributed by atoms with E-state index in [-0.39, 0.29) is 11.9 Å². The van der Waals surface area contributed by atoms with Crippen molar-refractivity contribution in [2.45, 2.75) is 41.5 Å². The monoisotopic (exact) mass is 380 g/mol. The van der Waals surface area contributed by atoms with E-state index in [2.05, 4.69) is 39.0 Å². The van der Waals surface area contributed by atoms with Gasteiger partial charge in [0.15, 0.2) is 0 Å². The van der Waals surface area contributed by atoms with Crippen LogP contribution in [-0.2, 0) is 19.1 Å². The first-order chi connectivity index (χ1) is 13.3. The van der Waals surface area contributed by atoms with E-state index in [4.69, 9.17) is 9.47 Å². The minimum absolute atomic E-state index is 0.325. The maximum absolute atomic E-state index is 11.9. The van der Waals surface area contributed by atoms with Gasteiger partial charge in [-0.25, -0.2) is 9.59 Å². The zero-order chi connectivity index (χ0) is 20.8. The minimum atomic E-state index is -0.388. The van der Waals surface area contributed by atoms with Crippen LogP contribution in [-0.4, -0.2) is 25.2 Å². The van der Waals surface area contributed by atoms with Crippen molar-refractivity contribution < 1.29 is 19.1 Å². The van der Waals surface area contributed by atoms with Crippen molar-refractivity contribution in [1.29, 1.82) is 0 Å². The summed E-state index contributed by atoms with van der Waals surface area (Å²) in [5, 5.41) is 0. The van der Waals surface area contributed by atoms with Crippen LogP contribution in [0.3, 0.4) is 0 Å². The Labute approximate surface area is 167 Å². The van der Waals surface area contributed by atoms with Gasteiger partial charge in [0.05, 0.1) is 13.2 Å². The first kappa shape index (κ1) is 21.4. The van der Waals surface area contributed by atoms with Crippen molar-refractivity contribution in [3.63, 3.8) is 0 Å². The highest BCUT2D eigenvalue weighted by Crippen LogP contribution is 2.40. The number of ether oxygens (including phenoxy) is 2. The van der Waals surface area contributed by atoms with Gasteiger partial charge in [0.25, 0.3) is 0 Å². The summed E-state index contributed by atoms with van der Waals surface area (Å²) in [6.07, 6.45) is 4.71. The van der Waals surface area contributed by atoms with Gasteiger partial charge in [-0.05, 0) is 92.6 Å². The van der Waals surface area contributed by atoms with Crippen LogP contribution < -0.4 is 0 Å². The lowest BCUT2D eigenvalue weighted by atomic mass is 9.99. The minimum Gasteiger partial charge on any atom is -0.463 e. The Balaban J connectivity index is 2.72. The Kier molecular flexibility index (Phi) is 7.16. The molecule has 0 aromatic carbocycles. The van der Waals surface area contributed by atoms with Crippen molar-refractivity contribution in [2.24, 2.45) is 0 Å². The SMILES string of the molecule is CCOC(=O)/C=C/c1c(/C(C)=C/C(=O)OCC)cc2c(C)cc(C)cc(C)c1-2. The number of fused-ring (bicyclic) bond motifs is 1. The maximum atomic E-state index is 11.9. The molecule has 0 radical (unpaired) electrons. The molecule has 0 unspecified atom stereocenters. The first-order valence-corrected chi connectivity index (χ1v) is 9.53. The molecule has 0 saturated carbocycles. The normalized spacial score (nSPS) is 11.9. The van der Waals surface area contributed by atoms with Crippen molar-refractivity contribution in [3.8, 4) is 11.1 Å². The molecule has 0 fully saturated rings. The Morgan fingerprint density at radius 3 is 2.18 bits per heavy atom. The topological polar surface area (TPSA) is 52.6 Å². The summed E-state index contributed by atoms with van der Waals surface area (Å²) < 4.78 is 10.1. The lowest BCUT2D eigenvalue weighted by Gasteiger charge is -2.06. The summed E-state index contributed by atoms with van der Waals surface area (Å²) in [6.45, 7) is 12.3. The van der Waals surface area contributed by atoms with Crippen LogP contribution in [0.15, 0.2) is 30.4 Å². The Morgan fingerprint density at radius 2 is 1.54 bits per heavy atom. The predicted octanol–water partition coefficient (Wildman–Crippen LogP) is 5.26. The Morgan fingerprint density at radius 1 is 0.929 bits per heavy atom. The number of rotatable bonds is 6. The first-order valence-electron chi connectivity index (χ1n) is 9.53. The standard InChI is InChI=1S/C24H28O4/c1-7-27-22(25)10-9-19-20(17(5)13-23(26)28-8-2)14-21-16(4)11-15(3)12-18(6)24(19)21/h9-14H,7-8H2,1-6H3/b10-9+,17-13+. The smallest absolute Gasteiger partial charge is 0.331 e. The van der Waals surface area contributed by atoms with E-state index in [1.54, 1.807) is 19.9 Å². The molecule has 4 heteroatoms. The molecule has 148 valence electrons. The third-order valence-electron chi connectivity index (χ3n) is 4.54. The van der Waals surface area contributed by atoms with Crippen LogP contribution in [0.5, 0.6) is 0 Å². The third-order valence-corrected chi connectivity index (χ3v) is 4.54. The van der Waals surface area contributed by atoms with Gasteiger partial charge in [-0.2, -0.15) is 0 Å². The zero-order valence-electron chi connectivity index (χ0n) is 17.5. The van der Waals surface area contributed by atoms with Gasteiger partial charge in [0.1, 0.15) is 0 Å². The van der Waals surface area contributed by atoms with Gasteiger partial charge in [0.2, 0.25) is 0 Å². The number of allylic oxidation sites excluding steroid dienone is 1. The summed E-state index contributed by atoms with van der Waals surface area (Å²) in [4.78, 5) is 23.8. The third kappa shape index (κ3) is 4.89.